The Bertz CT molecular complexity index is 2420. The van der Waals surface area contributed by atoms with Gasteiger partial charge < -0.3 is 79.0 Å². The molecule has 15 N–H and O–H groups in total. The van der Waals surface area contributed by atoms with E-state index in [1.54, 1.807) is 0 Å². The van der Waals surface area contributed by atoms with E-state index in [-0.39, 0.29) is 63.2 Å². The first-order chi connectivity index (χ1) is 47.1. The second-order valence-electron chi connectivity index (χ2n) is 25.3. The van der Waals surface area contributed by atoms with E-state index in [1.165, 1.54) is 134 Å². The summed E-state index contributed by atoms with van der Waals surface area (Å²) < 4.78 is 34.5. The molecule has 0 saturated heterocycles. The number of hydrogen-bond donors (Lipinski definition) is 13. The van der Waals surface area contributed by atoms with Gasteiger partial charge >= 0.3 is 19.8 Å². The van der Waals surface area contributed by atoms with Crippen molar-refractivity contribution in [1.29, 1.82) is 0 Å². The van der Waals surface area contributed by atoms with Crippen molar-refractivity contribution in [3.63, 3.8) is 0 Å². The van der Waals surface area contributed by atoms with Crippen LogP contribution in [0.15, 0.2) is 24.3 Å². The van der Waals surface area contributed by atoms with Crippen molar-refractivity contribution in [3.8, 4) is 5.75 Å². The lowest BCUT2D eigenvalue weighted by molar-refractivity contribution is -0.268. The van der Waals surface area contributed by atoms with Crippen LogP contribution in [0, 0.1) is 0 Å². The van der Waals surface area contributed by atoms with Crippen LogP contribution >= 0.6 is 20.5 Å². The summed E-state index contributed by atoms with van der Waals surface area (Å²) in [4.78, 5) is 130. The SMILES string of the molecule is CCCCCCCCCCCCCCCC(=O)OC[C@H](COP(=O)(O)OCCNC(=O)[C@H](C)NC(=O)[C@H](CCCCN)NC(=O)[C@H](CO)NC(=O)[C@H](Cc1ccc([O-])cc1)NC(=O)[C@H](CCCCN)NC(=O)CNC(=O)[C@@H](N)CS)OC(=O)CCCCCCCCCCCCCCC. The average Bonchev–Trinajstić information content (AvgIpc) is 0.884. The molecule has 0 aliphatic carbocycles. The minimum Gasteiger partial charge on any atom is -0.872 e. The molecule has 98 heavy (non-hydrogen) atoms. The fourth-order valence-electron chi connectivity index (χ4n) is 10.5. The Hall–Kier alpha value is -5.45. The van der Waals surface area contributed by atoms with Crippen LogP contribution in [0.2, 0.25) is 0 Å². The summed E-state index contributed by atoms with van der Waals surface area (Å²) in [6.45, 7) is 2.78. The van der Waals surface area contributed by atoms with Crippen molar-refractivity contribution in [3.05, 3.63) is 29.8 Å². The number of carbonyl (C=O) groups excluding carboxylic acids is 9. The molecule has 0 fully saturated rings. The Morgan fingerprint density at radius 3 is 1.46 bits per heavy atom. The number of phosphoric ester groups is 1. The minimum absolute atomic E-state index is 0.00631. The maximum Gasteiger partial charge on any atom is 0.472 e. The number of hydrogen-bond acceptors (Lipinski definition) is 20. The lowest BCUT2D eigenvalue weighted by atomic mass is 10.0. The van der Waals surface area contributed by atoms with E-state index in [2.05, 4.69) is 63.7 Å². The molecule has 564 valence electrons. The Kier molecular flexibility index (Phi) is 53.8. The number of ether oxygens (including phenoxy) is 2. The normalized spacial score (nSPS) is 14.1. The number of amides is 7. The third kappa shape index (κ3) is 46.8. The number of nitrogens with two attached hydrogens (primary N) is 3. The predicted octanol–water partition coefficient (Wildman–Crippen LogP) is 6.04. The molecule has 1 aromatic carbocycles. The smallest absolute Gasteiger partial charge is 0.472 e. The van der Waals surface area contributed by atoms with Crippen molar-refractivity contribution >= 4 is 73.7 Å². The first-order valence-electron chi connectivity index (χ1n) is 36.3. The van der Waals surface area contributed by atoms with E-state index in [0.717, 1.165) is 51.4 Å². The number of benzene rings is 1. The van der Waals surface area contributed by atoms with Gasteiger partial charge in [-0.15, -0.1) is 5.75 Å². The fraction of sp³-hybridized carbons (Fsp3) is 0.783. The second-order valence-corrected chi connectivity index (χ2v) is 27.1. The molecule has 1 aromatic rings. The Morgan fingerprint density at radius 2 is 0.969 bits per heavy atom. The Labute approximate surface area is 588 Å². The number of nitrogens with one attached hydrogen (secondary N) is 7. The van der Waals surface area contributed by atoms with E-state index in [9.17, 15) is 62.8 Å². The van der Waals surface area contributed by atoms with E-state index >= 15 is 0 Å². The zero-order chi connectivity index (χ0) is 72.6. The fourth-order valence-corrected chi connectivity index (χ4v) is 11.4. The largest absolute Gasteiger partial charge is 0.872 e. The molecule has 0 heterocycles. The van der Waals surface area contributed by atoms with Gasteiger partial charge in [0, 0.05) is 31.6 Å². The third-order valence-electron chi connectivity index (χ3n) is 16.5. The summed E-state index contributed by atoms with van der Waals surface area (Å²) in [5.74, 6) is -7.24. The number of carbonyl (C=O) groups is 9. The molecular formula is C69H124N10O17PS-. The average molecular weight is 1430 g/mol. The van der Waals surface area contributed by atoms with Gasteiger partial charge in [0.15, 0.2) is 6.10 Å². The first kappa shape index (κ1) is 90.6. The number of esters is 2. The summed E-state index contributed by atoms with van der Waals surface area (Å²) in [5, 5.41) is 39.8. The molecule has 0 aromatic heterocycles. The van der Waals surface area contributed by atoms with E-state index < -0.39 is 136 Å². The highest BCUT2D eigenvalue weighted by Gasteiger charge is 2.33. The van der Waals surface area contributed by atoms with E-state index in [0.29, 0.717) is 44.1 Å². The lowest BCUT2D eigenvalue weighted by Gasteiger charge is -2.26. The number of phosphoric acid groups is 1. The number of thiol groups is 1. The van der Waals surface area contributed by atoms with Crippen LogP contribution in [0.3, 0.4) is 0 Å². The molecule has 29 heteroatoms. The van der Waals surface area contributed by atoms with Gasteiger partial charge in [-0.25, -0.2) is 4.57 Å². The van der Waals surface area contributed by atoms with Crippen LogP contribution in [0.25, 0.3) is 0 Å². The van der Waals surface area contributed by atoms with E-state index in [4.69, 9.17) is 35.7 Å². The van der Waals surface area contributed by atoms with Crippen LogP contribution in [-0.2, 0) is 72.7 Å². The summed E-state index contributed by atoms with van der Waals surface area (Å²) in [6.07, 6.45) is 30.1. The quantitative estimate of drug-likeness (QED) is 0.0153. The molecule has 0 aliphatic heterocycles. The zero-order valence-electron chi connectivity index (χ0n) is 59.1. The highest BCUT2D eigenvalue weighted by Crippen LogP contribution is 2.43. The highest BCUT2D eigenvalue weighted by atomic mass is 32.1. The second kappa shape index (κ2) is 58.2. The van der Waals surface area contributed by atoms with Gasteiger partial charge in [-0.1, -0.05) is 192 Å². The van der Waals surface area contributed by atoms with Crippen LogP contribution in [-0.4, -0.2) is 164 Å². The molecule has 0 bridgehead atoms. The highest BCUT2D eigenvalue weighted by molar-refractivity contribution is 7.80. The topological polar surface area (TPSA) is 433 Å². The summed E-state index contributed by atoms with van der Waals surface area (Å²) >= 11 is 3.98. The van der Waals surface area contributed by atoms with Gasteiger partial charge in [0.1, 0.15) is 36.8 Å². The maximum atomic E-state index is 14.1. The lowest BCUT2D eigenvalue weighted by Crippen LogP contribution is -2.60. The molecule has 0 radical (unpaired) electrons. The zero-order valence-corrected chi connectivity index (χ0v) is 60.9. The monoisotopic (exact) mass is 1430 g/mol. The molecule has 7 amide bonds. The Balaban J connectivity index is 2.97. The third-order valence-corrected chi connectivity index (χ3v) is 17.9. The number of aliphatic hydroxyl groups is 1. The van der Waals surface area contributed by atoms with Crippen molar-refractivity contribution in [2.24, 2.45) is 17.2 Å². The molecule has 8 atom stereocenters. The molecule has 1 rings (SSSR count). The number of unbranched alkanes of at least 4 members (excludes halogenated alkanes) is 26. The van der Waals surface area contributed by atoms with Crippen LogP contribution in [0.4, 0.5) is 0 Å². The number of rotatable bonds is 63. The predicted molar refractivity (Wildman–Crippen MR) is 379 cm³/mol. The van der Waals surface area contributed by atoms with Gasteiger partial charge in [0.25, 0.3) is 0 Å². The van der Waals surface area contributed by atoms with Gasteiger partial charge in [-0.05, 0) is 76.9 Å². The van der Waals surface area contributed by atoms with Crippen LogP contribution in [0.5, 0.6) is 5.75 Å². The maximum absolute atomic E-state index is 14.1. The van der Waals surface area contributed by atoms with E-state index in [1.807, 2.05) is 0 Å². The molecule has 27 nitrogen and oxygen atoms in total. The van der Waals surface area contributed by atoms with Crippen molar-refractivity contribution < 1.29 is 81.3 Å². The van der Waals surface area contributed by atoms with Gasteiger partial charge in [0.2, 0.25) is 41.4 Å². The summed E-state index contributed by atoms with van der Waals surface area (Å²) in [5.41, 5.74) is 17.5. The van der Waals surface area contributed by atoms with Crippen LogP contribution < -0.4 is 59.5 Å². The molecule has 1 unspecified atom stereocenters. The minimum atomic E-state index is -4.86. The van der Waals surface area contributed by atoms with Gasteiger partial charge in [0.05, 0.1) is 32.4 Å². The van der Waals surface area contributed by atoms with Crippen molar-refractivity contribution in [2.45, 2.75) is 288 Å². The van der Waals surface area contributed by atoms with Gasteiger partial charge in [-0.2, -0.15) is 12.6 Å². The molecule has 0 spiro atoms. The number of aliphatic hydroxyl groups excluding tert-OH is 1. The van der Waals surface area contributed by atoms with Gasteiger partial charge in [-0.3, -0.25) is 52.2 Å². The molecule has 0 saturated carbocycles. The Morgan fingerprint density at radius 1 is 0.531 bits per heavy atom. The molecule has 0 aliphatic rings. The first-order valence-corrected chi connectivity index (χ1v) is 38.4. The van der Waals surface area contributed by atoms with Crippen molar-refractivity contribution in [2.75, 3.05) is 58.4 Å². The summed E-state index contributed by atoms with van der Waals surface area (Å²) in [7, 11) is -4.86. The summed E-state index contributed by atoms with van der Waals surface area (Å²) in [6, 6.07) is -2.70. The van der Waals surface area contributed by atoms with Crippen LogP contribution in [0.1, 0.15) is 245 Å². The molecular weight excluding hydrogens is 1300 g/mol. The van der Waals surface area contributed by atoms with Crippen molar-refractivity contribution in [1.82, 2.24) is 37.2 Å². The standard InChI is InChI=1S/C69H125N10O17PS/c1-4-6-8-10-12-14-16-18-20-22-24-26-28-36-62(83)93-49-55(96-63(84)37-29-27-25-23-21-19-17-15-13-11-9-7-5-2)50-95-97(91,92)94-45-44-73-64(85)52(3)75-66(87)58(35-31-33-43-71)77-69(90)60(48-80)79-68(89)59(46-53-38-40-54(81)41-39-53)78-67(88)57(34-30-32-42-70)76-61(82)47-74-65(86)56(72)51-98/h38-41,52,55-60,80-81,98H,4-37,42-51,70-72H2,1-3H3,(H,73,85)(H,74,86)(H,75,87)(H,76,82)(H,77,90)(H,78,88)(H,79,89)(H,91,92)/p-1/t52-,55+,56-,57-,58-,59-,60-/m0/s1.